The van der Waals surface area contributed by atoms with Crippen LogP contribution < -0.4 is 10.2 Å². The number of likely N-dealkylation sites (N-methyl/N-ethyl adjacent to an activating group) is 1. The summed E-state index contributed by atoms with van der Waals surface area (Å²) in [6.45, 7) is 6.75. The topological polar surface area (TPSA) is 61.4 Å². The van der Waals surface area contributed by atoms with Gasteiger partial charge in [-0.3, -0.25) is 9.69 Å². The van der Waals surface area contributed by atoms with Crippen molar-refractivity contribution < 1.29 is 4.79 Å². The third-order valence-electron chi connectivity index (χ3n) is 4.15. The van der Waals surface area contributed by atoms with Crippen molar-refractivity contribution in [1.29, 1.82) is 0 Å². The molecule has 2 heterocycles. The van der Waals surface area contributed by atoms with Crippen LogP contribution in [0.3, 0.4) is 0 Å². The van der Waals surface area contributed by atoms with Crippen LogP contribution in [-0.4, -0.2) is 60.0 Å². The highest BCUT2D eigenvalue weighted by Gasteiger charge is 2.19. The Bertz CT molecular complexity index is 670. The van der Waals surface area contributed by atoms with Crippen LogP contribution in [0.15, 0.2) is 30.6 Å². The number of fused-ring (bicyclic) bond motifs is 1. The molecule has 1 amide bonds. The largest absolute Gasteiger partial charge is 0.355 e. The van der Waals surface area contributed by atoms with Crippen LogP contribution in [0.1, 0.15) is 13.3 Å². The number of amides is 1. The first-order valence-electron chi connectivity index (χ1n) is 8.21. The van der Waals surface area contributed by atoms with Gasteiger partial charge in [-0.2, -0.15) is 0 Å². The van der Waals surface area contributed by atoms with Crippen molar-refractivity contribution in [2.75, 3.05) is 44.2 Å². The van der Waals surface area contributed by atoms with E-state index in [2.05, 4.69) is 31.2 Å². The zero-order chi connectivity index (χ0) is 16.1. The number of anilines is 1. The molecule has 1 fully saturated rings. The third kappa shape index (κ3) is 3.76. The van der Waals surface area contributed by atoms with Gasteiger partial charge >= 0.3 is 0 Å². The summed E-state index contributed by atoms with van der Waals surface area (Å²) >= 11 is 0. The number of carbonyl (C=O) groups is 1. The van der Waals surface area contributed by atoms with Gasteiger partial charge in [0.15, 0.2) is 0 Å². The van der Waals surface area contributed by atoms with Gasteiger partial charge in [-0.25, -0.2) is 9.97 Å². The predicted molar refractivity (Wildman–Crippen MR) is 91.5 cm³/mol. The number of nitrogens with one attached hydrogen (secondary N) is 1. The quantitative estimate of drug-likeness (QED) is 0.921. The Kier molecular flexibility index (Phi) is 5.02. The maximum Gasteiger partial charge on any atom is 0.234 e. The summed E-state index contributed by atoms with van der Waals surface area (Å²) in [4.78, 5) is 25.1. The number of carbonyl (C=O) groups excluding carboxylic acids is 1. The molecule has 1 saturated heterocycles. The lowest BCUT2D eigenvalue weighted by molar-refractivity contribution is -0.122. The van der Waals surface area contributed by atoms with E-state index in [-0.39, 0.29) is 5.91 Å². The molecule has 23 heavy (non-hydrogen) atoms. The van der Waals surface area contributed by atoms with Gasteiger partial charge in [0, 0.05) is 38.1 Å². The Morgan fingerprint density at radius 2 is 2.04 bits per heavy atom. The summed E-state index contributed by atoms with van der Waals surface area (Å²) in [6.07, 6.45) is 2.66. The zero-order valence-electron chi connectivity index (χ0n) is 13.5. The van der Waals surface area contributed by atoms with E-state index in [4.69, 9.17) is 0 Å². The smallest absolute Gasteiger partial charge is 0.234 e. The van der Waals surface area contributed by atoms with Gasteiger partial charge < -0.3 is 10.2 Å². The van der Waals surface area contributed by atoms with Crippen LogP contribution in [0.25, 0.3) is 10.9 Å². The molecule has 0 radical (unpaired) electrons. The number of hydrogen-bond donors (Lipinski definition) is 1. The van der Waals surface area contributed by atoms with Gasteiger partial charge in [0.25, 0.3) is 0 Å². The first kappa shape index (κ1) is 15.7. The van der Waals surface area contributed by atoms with Crippen LogP contribution >= 0.6 is 0 Å². The molecule has 122 valence electrons. The van der Waals surface area contributed by atoms with E-state index in [1.165, 1.54) is 0 Å². The zero-order valence-corrected chi connectivity index (χ0v) is 13.5. The lowest BCUT2D eigenvalue weighted by Crippen LogP contribution is -2.39. The Labute approximate surface area is 136 Å². The van der Waals surface area contributed by atoms with E-state index in [9.17, 15) is 4.79 Å². The fourth-order valence-electron chi connectivity index (χ4n) is 3.04. The van der Waals surface area contributed by atoms with Crippen molar-refractivity contribution in [2.24, 2.45) is 0 Å². The fraction of sp³-hybridized carbons (Fsp3) is 0.471. The minimum atomic E-state index is 0.105. The number of hydrogen-bond acceptors (Lipinski definition) is 5. The van der Waals surface area contributed by atoms with E-state index >= 15 is 0 Å². The molecule has 0 aliphatic carbocycles. The second-order valence-electron chi connectivity index (χ2n) is 5.78. The van der Waals surface area contributed by atoms with E-state index in [1.807, 2.05) is 25.1 Å². The van der Waals surface area contributed by atoms with Gasteiger partial charge in [-0.15, -0.1) is 0 Å². The molecule has 1 N–H and O–H groups in total. The lowest BCUT2D eigenvalue weighted by atomic mass is 10.2. The number of benzene rings is 1. The average molecular weight is 313 g/mol. The summed E-state index contributed by atoms with van der Waals surface area (Å²) in [5, 5.41) is 3.96. The highest BCUT2D eigenvalue weighted by molar-refractivity contribution is 5.89. The van der Waals surface area contributed by atoms with E-state index in [0.717, 1.165) is 49.3 Å². The Morgan fingerprint density at radius 1 is 1.17 bits per heavy atom. The number of para-hydroxylation sites is 1. The SMILES string of the molecule is CCNC(=O)CN1CCCN(c2ncnc3ccccc23)CC1. The Morgan fingerprint density at radius 3 is 2.91 bits per heavy atom. The molecule has 1 aliphatic heterocycles. The fourth-order valence-corrected chi connectivity index (χ4v) is 3.04. The molecule has 3 rings (SSSR count). The molecule has 0 saturated carbocycles. The summed E-state index contributed by atoms with van der Waals surface area (Å²) in [6, 6.07) is 8.10. The number of aromatic nitrogens is 2. The lowest BCUT2D eigenvalue weighted by Gasteiger charge is -2.23. The van der Waals surface area contributed by atoms with Gasteiger partial charge in [-0.05, 0) is 25.5 Å². The predicted octanol–water partition coefficient (Wildman–Crippen LogP) is 1.28. The van der Waals surface area contributed by atoms with Crippen molar-refractivity contribution in [3.8, 4) is 0 Å². The highest BCUT2D eigenvalue weighted by atomic mass is 16.2. The summed E-state index contributed by atoms with van der Waals surface area (Å²) in [5.74, 6) is 1.10. The molecular formula is C17H23N5O. The molecule has 6 nitrogen and oxygen atoms in total. The molecule has 0 spiro atoms. The minimum Gasteiger partial charge on any atom is -0.355 e. The van der Waals surface area contributed by atoms with E-state index < -0.39 is 0 Å². The maximum atomic E-state index is 11.8. The average Bonchev–Trinajstić information content (AvgIpc) is 2.80. The summed E-state index contributed by atoms with van der Waals surface area (Å²) < 4.78 is 0. The molecule has 1 aromatic carbocycles. The second kappa shape index (κ2) is 7.37. The van der Waals surface area contributed by atoms with Crippen molar-refractivity contribution in [3.05, 3.63) is 30.6 Å². The van der Waals surface area contributed by atoms with Crippen LogP contribution in [0, 0.1) is 0 Å². The highest BCUT2D eigenvalue weighted by Crippen LogP contribution is 2.23. The van der Waals surface area contributed by atoms with E-state index in [1.54, 1.807) is 6.33 Å². The molecule has 0 atom stereocenters. The molecule has 6 heteroatoms. The molecular weight excluding hydrogens is 290 g/mol. The first-order valence-corrected chi connectivity index (χ1v) is 8.21. The van der Waals surface area contributed by atoms with Crippen LogP contribution in [0.4, 0.5) is 5.82 Å². The van der Waals surface area contributed by atoms with Crippen LogP contribution in [-0.2, 0) is 4.79 Å². The molecule has 0 bridgehead atoms. The first-order chi connectivity index (χ1) is 11.3. The number of rotatable bonds is 4. The molecule has 1 aromatic heterocycles. The third-order valence-corrected chi connectivity index (χ3v) is 4.15. The van der Waals surface area contributed by atoms with Gasteiger partial charge in [0.2, 0.25) is 5.91 Å². The van der Waals surface area contributed by atoms with Crippen LogP contribution in [0.2, 0.25) is 0 Å². The van der Waals surface area contributed by atoms with Gasteiger partial charge in [-0.1, -0.05) is 12.1 Å². The van der Waals surface area contributed by atoms with Crippen molar-refractivity contribution in [2.45, 2.75) is 13.3 Å². The Balaban J connectivity index is 1.71. The molecule has 2 aromatic rings. The van der Waals surface area contributed by atoms with Gasteiger partial charge in [0.05, 0.1) is 12.1 Å². The summed E-state index contributed by atoms with van der Waals surface area (Å²) in [5.41, 5.74) is 0.973. The monoisotopic (exact) mass is 313 g/mol. The molecule has 0 unspecified atom stereocenters. The minimum absolute atomic E-state index is 0.105. The maximum absolute atomic E-state index is 11.8. The Hall–Kier alpha value is -2.21. The summed E-state index contributed by atoms with van der Waals surface area (Å²) in [7, 11) is 0. The van der Waals surface area contributed by atoms with E-state index in [0.29, 0.717) is 13.1 Å². The second-order valence-corrected chi connectivity index (χ2v) is 5.78. The number of nitrogens with zero attached hydrogens (tertiary/aromatic N) is 4. The van der Waals surface area contributed by atoms with Crippen molar-refractivity contribution >= 4 is 22.6 Å². The van der Waals surface area contributed by atoms with Crippen molar-refractivity contribution in [3.63, 3.8) is 0 Å². The van der Waals surface area contributed by atoms with Gasteiger partial charge in [0.1, 0.15) is 12.1 Å². The molecule has 1 aliphatic rings. The van der Waals surface area contributed by atoms with Crippen molar-refractivity contribution in [1.82, 2.24) is 20.2 Å². The standard InChI is InChI=1S/C17H23N5O/c1-2-18-16(23)12-21-8-5-9-22(11-10-21)17-14-6-3-4-7-15(14)19-13-20-17/h3-4,6-7,13H,2,5,8-12H2,1H3,(H,18,23). The van der Waals surface area contributed by atoms with Crippen LogP contribution in [0.5, 0.6) is 0 Å². The normalized spacial score (nSPS) is 16.3.